The zero-order valence-corrected chi connectivity index (χ0v) is 25.9. The third-order valence-corrected chi connectivity index (χ3v) is 9.54. The van der Waals surface area contributed by atoms with Gasteiger partial charge in [-0.1, -0.05) is 26.0 Å². The summed E-state index contributed by atoms with van der Waals surface area (Å²) >= 11 is 0. The molecule has 0 aliphatic carbocycles. The number of hydrogen-bond acceptors (Lipinski definition) is 11. The Morgan fingerprint density at radius 3 is 2.58 bits per heavy atom. The monoisotopic (exact) mass is 649 g/mol. The van der Waals surface area contributed by atoms with Crippen molar-refractivity contribution in [2.45, 2.75) is 56.1 Å². The molecule has 0 spiro atoms. The van der Waals surface area contributed by atoms with Crippen LogP contribution in [0, 0.1) is 11.8 Å². The van der Waals surface area contributed by atoms with Crippen LogP contribution in [0.1, 0.15) is 25.8 Å². The number of alkyl carbamates (subject to hydrolysis) is 1. The van der Waals surface area contributed by atoms with E-state index in [4.69, 9.17) is 34.2 Å². The van der Waals surface area contributed by atoms with Crippen molar-refractivity contribution in [3.63, 3.8) is 0 Å². The first-order chi connectivity index (χ1) is 21.5. The number of aliphatic hydroxyl groups excluding tert-OH is 1. The molecule has 0 unspecified atom stereocenters. The van der Waals surface area contributed by atoms with Crippen molar-refractivity contribution in [2.24, 2.45) is 17.6 Å². The molecular weight excluding hydrogens is 610 g/mol. The second-order valence-electron chi connectivity index (χ2n) is 11.6. The van der Waals surface area contributed by atoms with Gasteiger partial charge in [-0.3, -0.25) is 4.79 Å². The molecule has 5 rings (SSSR count). The standard InChI is InChI=1S/C30H39N3O11S/c1-18(2)13-33(45(37,38)21-7-8-25-26(12-21)43-17-42-25)14-24(34)23(11-19-3-5-20(6-4-19)40-16-28(31)35)32-30(36)44-27-15-41-29-22(27)9-10-39-29/h3-8,12,18,22-24,27,29,34H,9-11,13-17H2,1-2H3,(H2,31,35)(H,32,36)/t22-,23-,24+,27-,29+/m0/s1. The molecule has 15 heteroatoms. The van der Waals surface area contributed by atoms with E-state index in [0.29, 0.717) is 35.8 Å². The minimum atomic E-state index is -4.09. The Kier molecular flexibility index (Phi) is 10.3. The molecule has 246 valence electrons. The predicted molar refractivity (Wildman–Crippen MR) is 158 cm³/mol. The Hall–Kier alpha value is -3.63. The van der Waals surface area contributed by atoms with Crippen LogP contribution in [-0.2, 0) is 35.4 Å². The highest BCUT2D eigenvalue weighted by molar-refractivity contribution is 7.89. The van der Waals surface area contributed by atoms with E-state index in [1.165, 1.54) is 22.5 Å². The highest BCUT2D eigenvalue weighted by atomic mass is 32.2. The van der Waals surface area contributed by atoms with Crippen LogP contribution in [0.15, 0.2) is 47.4 Å². The number of nitrogens with two attached hydrogens (primary N) is 1. The zero-order chi connectivity index (χ0) is 32.1. The molecule has 3 aliphatic rings. The summed E-state index contributed by atoms with van der Waals surface area (Å²) in [6.07, 6.45) is -2.21. The summed E-state index contributed by atoms with van der Waals surface area (Å²) in [5, 5.41) is 14.3. The summed E-state index contributed by atoms with van der Waals surface area (Å²) in [6.45, 7) is 3.95. The summed E-state index contributed by atoms with van der Waals surface area (Å²) in [4.78, 5) is 24.2. The van der Waals surface area contributed by atoms with E-state index >= 15 is 0 Å². The fourth-order valence-corrected chi connectivity index (χ4v) is 7.12. The Bertz CT molecular complexity index is 1450. The Balaban J connectivity index is 1.34. The van der Waals surface area contributed by atoms with Crippen molar-refractivity contribution in [1.29, 1.82) is 0 Å². The highest BCUT2D eigenvalue weighted by Crippen LogP contribution is 2.35. The number of nitrogens with one attached hydrogen (secondary N) is 1. The number of aliphatic hydroxyl groups is 1. The first-order valence-electron chi connectivity index (χ1n) is 14.8. The lowest BCUT2D eigenvalue weighted by molar-refractivity contribution is -0.119. The molecule has 2 fully saturated rings. The Labute approximate surface area is 261 Å². The predicted octanol–water partition coefficient (Wildman–Crippen LogP) is 1.39. The fourth-order valence-electron chi connectivity index (χ4n) is 5.48. The SMILES string of the molecule is CC(C)CN(C[C@@H](O)[C@H](Cc1ccc(OCC(N)=O)cc1)NC(=O)O[C@H]1CO[C@H]2OCC[C@H]21)S(=O)(=O)c1ccc2c(c1)OCO2. The number of amides is 2. The molecule has 4 N–H and O–H groups in total. The van der Waals surface area contributed by atoms with Gasteiger partial charge in [0.05, 0.1) is 36.2 Å². The number of carbonyl (C=O) groups excluding carboxylic acids is 2. The third kappa shape index (κ3) is 8.16. The van der Waals surface area contributed by atoms with Crippen molar-refractivity contribution in [1.82, 2.24) is 9.62 Å². The van der Waals surface area contributed by atoms with Crippen molar-refractivity contribution in [3.05, 3.63) is 48.0 Å². The van der Waals surface area contributed by atoms with E-state index in [-0.39, 0.29) is 56.2 Å². The van der Waals surface area contributed by atoms with Crippen LogP contribution in [0.5, 0.6) is 17.2 Å². The molecule has 0 saturated carbocycles. The summed E-state index contributed by atoms with van der Waals surface area (Å²) < 4.78 is 61.6. The van der Waals surface area contributed by atoms with E-state index in [0.717, 1.165) is 0 Å². The molecular formula is C30H39N3O11S. The van der Waals surface area contributed by atoms with Crippen molar-refractivity contribution < 1.29 is 51.5 Å². The van der Waals surface area contributed by atoms with Crippen molar-refractivity contribution >= 4 is 22.0 Å². The number of carbonyl (C=O) groups is 2. The number of rotatable bonds is 14. The number of primary amides is 1. The molecule has 3 heterocycles. The zero-order valence-electron chi connectivity index (χ0n) is 25.1. The first-order valence-corrected chi connectivity index (χ1v) is 16.2. The summed E-state index contributed by atoms with van der Waals surface area (Å²) in [5.74, 6) is 0.401. The maximum atomic E-state index is 13.8. The van der Waals surface area contributed by atoms with Gasteiger partial charge in [-0.25, -0.2) is 13.2 Å². The average molecular weight is 650 g/mol. The van der Waals surface area contributed by atoms with Crippen molar-refractivity contribution in [2.75, 3.05) is 39.7 Å². The highest BCUT2D eigenvalue weighted by Gasteiger charge is 2.44. The van der Waals surface area contributed by atoms with Gasteiger partial charge in [0.15, 0.2) is 24.4 Å². The number of ether oxygens (including phenoxy) is 6. The number of sulfonamides is 1. The smallest absolute Gasteiger partial charge is 0.407 e. The molecule has 0 aromatic heterocycles. The quantitative estimate of drug-likeness (QED) is 0.269. The van der Waals surface area contributed by atoms with E-state index in [1.807, 2.05) is 13.8 Å². The second-order valence-corrected chi connectivity index (χ2v) is 13.6. The molecule has 3 aliphatic heterocycles. The average Bonchev–Trinajstić information content (AvgIpc) is 3.74. The van der Waals surface area contributed by atoms with Gasteiger partial charge in [0.25, 0.3) is 5.91 Å². The Morgan fingerprint density at radius 1 is 1.09 bits per heavy atom. The second kappa shape index (κ2) is 14.2. The normalized spacial score (nSPS) is 21.8. The lowest BCUT2D eigenvalue weighted by Gasteiger charge is -2.31. The maximum absolute atomic E-state index is 13.8. The van der Waals surface area contributed by atoms with Gasteiger partial charge < -0.3 is 44.6 Å². The molecule has 2 amide bonds. The number of benzene rings is 2. The lowest BCUT2D eigenvalue weighted by atomic mass is 10.0. The number of hydrogen-bond donors (Lipinski definition) is 3. The number of fused-ring (bicyclic) bond motifs is 2. The lowest BCUT2D eigenvalue weighted by Crippen LogP contribution is -2.51. The van der Waals surface area contributed by atoms with Crippen LogP contribution in [-0.4, -0.2) is 94.1 Å². The van der Waals surface area contributed by atoms with Crippen LogP contribution in [0.2, 0.25) is 0 Å². The van der Waals surface area contributed by atoms with Crippen LogP contribution >= 0.6 is 0 Å². The minimum absolute atomic E-state index is 0.00361. The van der Waals surface area contributed by atoms with Gasteiger partial charge >= 0.3 is 6.09 Å². The van der Waals surface area contributed by atoms with E-state index in [2.05, 4.69) is 5.32 Å². The molecule has 2 aromatic rings. The van der Waals surface area contributed by atoms with Gasteiger partial charge in [-0.2, -0.15) is 4.31 Å². The third-order valence-electron chi connectivity index (χ3n) is 7.71. The summed E-state index contributed by atoms with van der Waals surface area (Å²) in [7, 11) is -4.09. The summed E-state index contributed by atoms with van der Waals surface area (Å²) in [6, 6.07) is 10.1. The Morgan fingerprint density at radius 2 is 1.84 bits per heavy atom. The first kappa shape index (κ1) is 32.8. The fraction of sp³-hybridized carbons (Fsp3) is 0.533. The van der Waals surface area contributed by atoms with Gasteiger partial charge in [0.1, 0.15) is 11.9 Å². The van der Waals surface area contributed by atoms with E-state index in [1.54, 1.807) is 24.3 Å². The minimum Gasteiger partial charge on any atom is -0.484 e. The molecule has 5 atom stereocenters. The molecule has 0 bridgehead atoms. The molecule has 45 heavy (non-hydrogen) atoms. The molecule has 14 nitrogen and oxygen atoms in total. The van der Waals surface area contributed by atoms with E-state index in [9.17, 15) is 23.1 Å². The van der Waals surface area contributed by atoms with Crippen LogP contribution in [0.4, 0.5) is 4.79 Å². The van der Waals surface area contributed by atoms with Gasteiger partial charge in [0, 0.05) is 19.2 Å². The van der Waals surface area contributed by atoms with Gasteiger partial charge in [0.2, 0.25) is 16.8 Å². The molecule has 2 saturated heterocycles. The molecule has 2 aromatic carbocycles. The largest absolute Gasteiger partial charge is 0.484 e. The van der Waals surface area contributed by atoms with Crippen molar-refractivity contribution in [3.8, 4) is 17.2 Å². The maximum Gasteiger partial charge on any atom is 0.407 e. The van der Waals surface area contributed by atoms with Gasteiger partial charge in [-0.15, -0.1) is 0 Å². The van der Waals surface area contributed by atoms with E-state index < -0.39 is 46.6 Å². The van der Waals surface area contributed by atoms with Crippen LogP contribution < -0.4 is 25.3 Å². The van der Waals surface area contributed by atoms with Crippen LogP contribution in [0.3, 0.4) is 0 Å². The summed E-state index contributed by atoms with van der Waals surface area (Å²) in [5.41, 5.74) is 5.85. The van der Waals surface area contributed by atoms with Gasteiger partial charge in [-0.05, 0) is 48.6 Å². The molecule has 0 radical (unpaired) electrons. The van der Waals surface area contributed by atoms with Crippen LogP contribution in [0.25, 0.3) is 0 Å². The topological polar surface area (TPSA) is 185 Å². The number of nitrogens with zero attached hydrogens (tertiary/aromatic N) is 1.